The van der Waals surface area contributed by atoms with Crippen LogP contribution in [0.15, 0.2) is 6.07 Å². The van der Waals surface area contributed by atoms with Gasteiger partial charge in [-0.15, -0.1) is 0 Å². The molecule has 0 saturated heterocycles. The van der Waals surface area contributed by atoms with E-state index < -0.39 is 0 Å². The van der Waals surface area contributed by atoms with Crippen LogP contribution in [0.1, 0.15) is 32.2 Å². The van der Waals surface area contributed by atoms with E-state index in [-0.39, 0.29) is 11.9 Å². The molecule has 0 saturated carbocycles. The molecule has 18 heavy (non-hydrogen) atoms. The maximum atomic E-state index is 12.1. The van der Waals surface area contributed by atoms with Gasteiger partial charge in [-0.1, -0.05) is 0 Å². The van der Waals surface area contributed by atoms with Crippen molar-refractivity contribution < 1.29 is 4.79 Å². The lowest BCUT2D eigenvalue weighted by atomic mass is 10.2. The summed E-state index contributed by atoms with van der Waals surface area (Å²) in [6, 6.07) is 1.86. The highest BCUT2D eigenvalue weighted by Crippen LogP contribution is 2.02. The average molecular weight is 252 g/mol. The number of nitrogens with one attached hydrogen (secondary N) is 1. The molecule has 1 aromatic heterocycles. The van der Waals surface area contributed by atoms with Gasteiger partial charge in [-0.3, -0.25) is 9.48 Å². The summed E-state index contributed by atoms with van der Waals surface area (Å²) in [6.45, 7) is 10.0. The molecule has 0 bridgehead atoms. The summed E-state index contributed by atoms with van der Waals surface area (Å²) in [5.41, 5.74) is 2.09. The van der Waals surface area contributed by atoms with Gasteiger partial charge in [0.15, 0.2) is 0 Å². The summed E-state index contributed by atoms with van der Waals surface area (Å²) in [5, 5.41) is 7.53. The molecule has 1 heterocycles. The van der Waals surface area contributed by atoms with Crippen LogP contribution in [0.2, 0.25) is 0 Å². The summed E-state index contributed by atoms with van der Waals surface area (Å²) in [6.07, 6.45) is 0. The van der Waals surface area contributed by atoms with E-state index in [1.54, 1.807) is 0 Å². The molecule has 1 N–H and O–H groups in total. The Balaban J connectivity index is 2.53. The van der Waals surface area contributed by atoms with Gasteiger partial charge in [0.05, 0.1) is 17.4 Å². The Bertz CT molecular complexity index is 396. The minimum Gasteiger partial charge on any atom is -0.342 e. The summed E-state index contributed by atoms with van der Waals surface area (Å²) < 4.78 is 1.84. The molecule has 0 aromatic carbocycles. The van der Waals surface area contributed by atoms with Gasteiger partial charge >= 0.3 is 0 Å². The molecule has 0 aliphatic rings. The van der Waals surface area contributed by atoms with Gasteiger partial charge in [0.1, 0.15) is 0 Å². The fraction of sp³-hybridized carbons (Fsp3) is 0.692. The molecule has 0 aliphatic carbocycles. The maximum absolute atomic E-state index is 12.1. The zero-order chi connectivity index (χ0) is 13.7. The van der Waals surface area contributed by atoms with E-state index in [0.29, 0.717) is 6.54 Å². The molecule has 1 rings (SSSR count). The number of hydrogen-bond donors (Lipinski definition) is 1. The number of aromatic nitrogens is 2. The van der Waals surface area contributed by atoms with Gasteiger partial charge in [0.2, 0.25) is 5.91 Å². The van der Waals surface area contributed by atoms with Gasteiger partial charge < -0.3 is 10.2 Å². The summed E-state index contributed by atoms with van der Waals surface area (Å²) in [7, 11) is 1.92. The second kappa shape index (κ2) is 6.54. The fourth-order valence-electron chi connectivity index (χ4n) is 1.98. The lowest BCUT2D eigenvalue weighted by molar-refractivity contribution is -0.132. The van der Waals surface area contributed by atoms with Gasteiger partial charge in [-0.05, 0) is 33.8 Å². The first-order valence-corrected chi connectivity index (χ1v) is 6.51. The van der Waals surface area contributed by atoms with Crippen molar-refractivity contribution in [2.45, 2.75) is 40.3 Å². The number of hydrogen-bond acceptors (Lipinski definition) is 3. The monoisotopic (exact) mass is 252 g/mol. The molecular formula is C13H24N4O. The summed E-state index contributed by atoms with van der Waals surface area (Å²) in [4.78, 5) is 13.9. The summed E-state index contributed by atoms with van der Waals surface area (Å²) in [5.74, 6) is 0.152. The van der Waals surface area contributed by atoms with Crippen LogP contribution in [0.3, 0.4) is 0 Å². The molecule has 5 heteroatoms. The van der Waals surface area contributed by atoms with Crippen molar-refractivity contribution in [1.82, 2.24) is 20.0 Å². The topological polar surface area (TPSA) is 50.2 Å². The van der Waals surface area contributed by atoms with E-state index in [1.807, 2.05) is 50.4 Å². The standard InChI is InChI=1S/C13H24N4O/c1-6-17(7-2)13(18)11(4)14-9-12-8-10(3)15-16(12)5/h8,11,14H,6-7,9H2,1-5H3. The van der Waals surface area contributed by atoms with Crippen LogP contribution in [0.5, 0.6) is 0 Å². The molecule has 0 radical (unpaired) electrons. The highest BCUT2D eigenvalue weighted by Gasteiger charge is 2.17. The van der Waals surface area contributed by atoms with E-state index in [4.69, 9.17) is 0 Å². The third-order valence-corrected chi connectivity index (χ3v) is 3.13. The molecule has 0 spiro atoms. The zero-order valence-corrected chi connectivity index (χ0v) is 12.0. The van der Waals surface area contributed by atoms with E-state index >= 15 is 0 Å². The van der Waals surface area contributed by atoms with E-state index in [1.165, 1.54) is 0 Å². The Morgan fingerprint density at radius 3 is 2.56 bits per heavy atom. The van der Waals surface area contributed by atoms with E-state index in [0.717, 1.165) is 24.5 Å². The van der Waals surface area contributed by atoms with Crippen LogP contribution in [-0.2, 0) is 18.4 Å². The van der Waals surface area contributed by atoms with Crippen molar-refractivity contribution in [2.24, 2.45) is 7.05 Å². The molecule has 1 aromatic rings. The number of likely N-dealkylation sites (N-methyl/N-ethyl adjacent to an activating group) is 1. The number of aryl methyl sites for hydroxylation is 2. The molecule has 0 aliphatic heterocycles. The first kappa shape index (κ1) is 14.7. The van der Waals surface area contributed by atoms with Gasteiger partial charge in [0, 0.05) is 26.7 Å². The second-order valence-electron chi connectivity index (χ2n) is 4.51. The first-order chi connectivity index (χ1) is 8.49. The normalized spacial score (nSPS) is 12.5. The number of rotatable bonds is 6. The summed E-state index contributed by atoms with van der Waals surface area (Å²) >= 11 is 0. The average Bonchev–Trinajstić information content (AvgIpc) is 2.66. The molecule has 1 atom stereocenters. The van der Waals surface area contributed by atoms with Crippen molar-refractivity contribution in [3.05, 3.63) is 17.5 Å². The third kappa shape index (κ3) is 3.57. The number of amides is 1. The highest BCUT2D eigenvalue weighted by molar-refractivity contribution is 5.81. The van der Waals surface area contributed by atoms with Crippen molar-refractivity contribution >= 4 is 5.91 Å². The van der Waals surface area contributed by atoms with E-state index in [9.17, 15) is 4.79 Å². The van der Waals surface area contributed by atoms with Crippen LogP contribution in [0, 0.1) is 6.92 Å². The number of carbonyl (C=O) groups excluding carboxylic acids is 1. The molecule has 0 fully saturated rings. The van der Waals surface area contributed by atoms with Gasteiger partial charge in [0.25, 0.3) is 0 Å². The van der Waals surface area contributed by atoms with Crippen LogP contribution in [0.4, 0.5) is 0 Å². The van der Waals surface area contributed by atoms with E-state index in [2.05, 4.69) is 10.4 Å². The Morgan fingerprint density at radius 1 is 1.50 bits per heavy atom. The third-order valence-electron chi connectivity index (χ3n) is 3.13. The Morgan fingerprint density at radius 2 is 2.11 bits per heavy atom. The minimum absolute atomic E-state index is 0.152. The molecule has 1 amide bonds. The lowest BCUT2D eigenvalue weighted by Gasteiger charge is -2.23. The van der Waals surface area contributed by atoms with Crippen molar-refractivity contribution in [3.8, 4) is 0 Å². The predicted molar refractivity (Wildman–Crippen MR) is 72.2 cm³/mol. The molecule has 5 nitrogen and oxygen atoms in total. The van der Waals surface area contributed by atoms with Crippen LogP contribution in [-0.4, -0.2) is 39.7 Å². The molecule has 102 valence electrons. The first-order valence-electron chi connectivity index (χ1n) is 6.51. The Labute approximate surface area is 109 Å². The number of carbonyl (C=O) groups is 1. The van der Waals surface area contributed by atoms with Crippen molar-refractivity contribution in [1.29, 1.82) is 0 Å². The van der Waals surface area contributed by atoms with Gasteiger partial charge in [-0.2, -0.15) is 5.10 Å². The smallest absolute Gasteiger partial charge is 0.239 e. The highest BCUT2D eigenvalue weighted by atomic mass is 16.2. The number of nitrogens with zero attached hydrogens (tertiary/aromatic N) is 3. The predicted octanol–water partition coefficient (Wildman–Crippen LogP) is 1.08. The quantitative estimate of drug-likeness (QED) is 0.824. The molecular weight excluding hydrogens is 228 g/mol. The lowest BCUT2D eigenvalue weighted by Crippen LogP contribution is -2.44. The van der Waals surface area contributed by atoms with Gasteiger partial charge in [-0.25, -0.2) is 0 Å². The van der Waals surface area contributed by atoms with Crippen LogP contribution in [0.25, 0.3) is 0 Å². The van der Waals surface area contributed by atoms with Crippen LogP contribution >= 0.6 is 0 Å². The Hall–Kier alpha value is -1.36. The minimum atomic E-state index is -0.167. The molecule has 1 unspecified atom stereocenters. The second-order valence-corrected chi connectivity index (χ2v) is 4.51. The SMILES string of the molecule is CCN(CC)C(=O)C(C)NCc1cc(C)nn1C. The van der Waals surface area contributed by atoms with Crippen molar-refractivity contribution in [3.63, 3.8) is 0 Å². The largest absolute Gasteiger partial charge is 0.342 e. The maximum Gasteiger partial charge on any atom is 0.239 e. The van der Waals surface area contributed by atoms with Crippen LogP contribution < -0.4 is 5.32 Å². The zero-order valence-electron chi connectivity index (χ0n) is 12.0. The fourth-order valence-corrected chi connectivity index (χ4v) is 1.98. The van der Waals surface area contributed by atoms with Crippen molar-refractivity contribution in [2.75, 3.05) is 13.1 Å². The Kier molecular flexibility index (Phi) is 5.34.